The maximum Gasteiger partial charge on any atom is 0.263 e. The zero-order valence-corrected chi connectivity index (χ0v) is 13.6. The molecule has 1 N–H and O–H groups in total. The third kappa shape index (κ3) is 3.38. The van der Waals surface area contributed by atoms with Crippen LogP contribution in [0.2, 0.25) is 5.02 Å². The van der Waals surface area contributed by atoms with Crippen LogP contribution in [0.1, 0.15) is 0 Å². The number of nitrogens with zero attached hydrogens (tertiary/aromatic N) is 2. The molecule has 0 unspecified atom stereocenters. The number of para-hydroxylation sites is 1. The van der Waals surface area contributed by atoms with Gasteiger partial charge in [0.2, 0.25) is 0 Å². The SMILES string of the molecule is Cn1c(=O)cc(OCC(=O)Nc2ccc(Cl)cn2)c2ccccc21. The number of pyridine rings is 2. The van der Waals surface area contributed by atoms with Gasteiger partial charge < -0.3 is 14.6 Å². The second kappa shape index (κ2) is 6.72. The molecule has 0 bridgehead atoms. The number of anilines is 1. The first-order valence-electron chi connectivity index (χ1n) is 7.17. The second-order valence-corrected chi connectivity index (χ2v) is 5.56. The number of halogens is 1. The van der Waals surface area contributed by atoms with Gasteiger partial charge in [-0.2, -0.15) is 0 Å². The normalized spacial score (nSPS) is 10.6. The van der Waals surface area contributed by atoms with E-state index in [1.54, 1.807) is 19.2 Å². The Labute approximate surface area is 142 Å². The summed E-state index contributed by atoms with van der Waals surface area (Å²) in [7, 11) is 1.69. The molecule has 0 saturated heterocycles. The van der Waals surface area contributed by atoms with Crippen molar-refractivity contribution in [2.45, 2.75) is 0 Å². The van der Waals surface area contributed by atoms with Crippen molar-refractivity contribution in [3.63, 3.8) is 0 Å². The Kier molecular flexibility index (Phi) is 4.48. The quantitative estimate of drug-likeness (QED) is 0.790. The third-order valence-electron chi connectivity index (χ3n) is 3.47. The van der Waals surface area contributed by atoms with Crippen LogP contribution in [0.25, 0.3) is 10.9 Å². The lowest BCUT2D eigenvalue weighted by Crippen LogP contribution is -2.22. The highest BCUT2D eigenvalue weighted by Crippen LogP contribution is 2.22. The first kappa shape index (κ1) is 16.0. The van der Waals surface area contributed by atoms with Gasteiger partial charge in [0.15, 0.2) is 6.61 Å². The van der Waals surface area contributed by atoms with Crippen molar-refractivity contribution >= 4 is 34.2 Å². The van der Waals surface area contributed by atoms with Gasteiger partial charge in [-0.05, 0) is 24.3 Å². The van der Waals surface area contributed by atoms with E-state index in [0.717, 1.165) is 10.9 Å². The van der Waals surface area contributed by atoms with Crippen molar-refractivity contribution in [1.82, 2.24) is 9.55 Å². The van der Waals surface area contributed by atoms with Crippen LogP contribution in [-0.2, 0) is 11.8 Å². The highest BCUT2D eigenvalue weighted by atomic mass is 35.5. The summed E-state index contributed by atoms with van der Waals surface area (Å²) in [4.78, 5) is 27.9. The highest BCUT2D eigenvalue weighted by molar-refractivity contribution is 6.30. The number of carbonyl (C=O) groups excluding carboxylic acids is 1. The summed E-state index contributed by atoms with van der Waals surface area (Å²) in [6, 6.07) is 11.9. The molecule has 122 valence electrons. The molecule has 7 heteroatoms. The van der Waals surface area contributed by atoms with Gasteiger partial charge in [0.1, 0.15) is 11.6 Å². The van der Waals surface area contributed by atoms with Gasteiger partial charge in [-0.25, -0.2) is 4.98 Å². The number of hydrogen-bond acceptors (Lipinski definition) is 4. The van der Waals surface area contributed by atoms with E-state index in [-0.39, 0.29) is 18.1 Å². The van der Waals surface area contributed by atoms with Gasteiger partial charge in [0, 0.05) is 24.7 Å². The van der Waals surface area contributed by atoms with Gasteiger partial charge >= 0.3 is 0 Å². The van der Waals surface area contributed by atoms with Gasteiger partial charge in [-0.1, -0.05) is 23.7 Å². The van der Waals surface area contributed by atoms with Crippen LogP contribution < -0.4 is 15.6 Å². The molecule has 3 rings (SSSR count). The number of rotatable bonds is 4. The molecule has 2 aromatic heterocycles. The molecular formula is C17H14ClN3O3. The first-order chi connectivity index (χ1) is 11.5. The Hall–Kier alpha value is -2.86. The van der Waals surface area contributed by atoms with Crippen LogP contribution >= 0.6 is 11.6 Å². The van der Waals surface area contributed by atoms with Crippen molar-refractivity contribution in [3.05, 3.63) is 64.0 Å². The number of benzene rings is 1. The molecule has 0 spiro atoms. The number of amides is 1. The highest BCUT2D eigenvalue weighted by Gasteiger charge is 2.10. The topological polar surface area (TPSA) is 73.2 Å². The minimum Gasteiger partial charge on any atom is -0.483 e. The van der Waals surface area contributed by atoms with E-state index in [1.165, 1.54) is 16.8 Å². The number of ether oxygens (including phenoxy) is 1. The minimum absolute atomic E-state index is 0.205. The zero-order chi connectivity index (χ0) is 17.1. The summed E-state index contributed by atoms with van der Waals surface area (Å²) in [6.45, 7) is -0.235. The van der Waals surface area contributed by atoms with Gasteiger partial charge in [0.25, 0.3) is 11.5 Å². The summed E-state index contributed by atoms with van der Waals surface area (Å²) in [6.07, 6.45) is 1.44. The molecule has 24 heavy (non-hydrogen) atoms. The predicted octanol–water partition coefficient (Wildman–Crippen LogP) is 2.60. The molecule has 2 heterocycles. The van der Waals surface area contributed by atoms with Crippen LogP contribution in [0.3, 0.4) is 0 Å². The Bertz CT molecular complexity index is 951. The molecule has 0 aliphatic rings. The van der Waals surface area contributed by atoms with Gasteiger partial charge in [0.05, 0.1) is 10.5 Å². The Morgan fingerprint density at radius 1 is 1.29 bits per heavy atom. The lowest BCUT2D eigenvalue weighted by Gasteiger charge is -2.11. The number of aromatic nitrogens is 2. The summed E-state index contributed by atoms with van der Waals surface area (Å²) < 4.78 is 7.06. The molecule has 0 aliphatic carbocycles. The number of hydrogen-bond donors (Lipinski definition) is 1. The fraction of sp³-hybridized carbons (Fsp3) is 0.118. The molecule has 3 aromatic rings. The smallest absolute Gasteiger partial charge is 0.263 e. The summed E-state index contributed by atoms with van der Waals surface area (Å²) in [5, 5.41) is 3.84. The number of nitrogens with one attached hydrogen (secondary N) is 1. The van der Waals surface area contributed by atoms with E-state index in [0.29, 0.717) is 16.6 Å². The standard InChI is InChI=1S/C17H14ClN3O3/c1-21-13-5-3-2-4-12(13)14(8-17(21)23)24-10-16(22)20-15-7-6-11(18)9-19-15/h2-9H,10H2,1H3,(H,19,20,22). The third-order valence-corrected chi connectivity index (χ3v) is 3.69. The molecule has 0 saturated carbocycles. The molecule has 0 aliphatic heterocycles. The molecule has 0 radical (unpaired) electrons. The number of carbonyl (C=O) groups is 1. The predicted molar refractivity (Wildman–Crippen MR) is 92.6 cm³/mol. The second-order valence-electron chi connectivity index (χ2n) is 5.12. The summed E-state index contributed by atoms with van der Waals surface area (Å²) >= 11 is 5.74. The minimum atomic E-state index is -0.380. The van der Waals surface area contributed by atoms with E-state index >= 15 is 0 Å². The Balaban J connectivity index is 1.76. The number of aryl methyl sites for hydroxylation is 1. The van der Waals surface area contributed by atoms with E-state index in [2.05, 4.69) is 10.3 Å². The van der Waals surface area contributed by atoms with Gasteiger partial charge in [-0.15, -0.1) is 0 Å². The lowest BCUT2D eigenvalue weighted by atomic mass is 10.2. The summed E-state index contributed by atoms with van der Waals surface area (Å²) in [5.41, 5.74) is 0.531. The van der Waals surface area contributed by atoms with Crippen LogP contribution in [0.5, 0.6) is 5.75 Å². The number of fused-ring (bicyclic) bond motifs is 1. The van der Waals surface area contributed by atoms with Crippen LogP contribution in [0, 0.1) is 0 Å². The van der Waals surface area contributed by atoms with E-state index in [1.807, 2.05) is 24.3 Å². The van der Waals surface area contributed by atoms with Crippen molar-refractivity contribution in [2.24, 2.45) is 7.05 Å². The monoisotopic (exact) mass is 343 g/mol. The Morgan fingerprint density at radius 3 is 2.83 bits per heavy atom. The molecule has 1 amide bonds. The molecule has 0 atom stereocenters. The van der Waals surface area contributed by atoms with Crippen molar-refractivity contribution in [1.29, 1.82) is 0 Å². The van der Waals surface area contributed by atoms with Crippen LogP contribution in [0.4, 0.5) is 5.82 Å². The van der Waals surface area contributed by atoms with E-state index in [4.69, 9.17) is 16.3 Å². The average Bonchev–Trinajstić information content (AvgIpc) is 2.59. The van der Waals surface area contributed by atoms with E-state index < -0.39 is 0 Å². The fourth-order valence-electron chi connectivity index (χ4n) is 2.27. The average molecular weight is 344 g/mol. The zero-order valence-electron chi connectivity index (χ0n) is 12.8. The molecular weight excluding hydrogens is 330 g/mol. The van der Waals surface area contributed by atoms with Gasteiger partial charge in [-0.3, -0.25) is 9.59 Å². The molecule has 0 fully saturated rings. The van der Waals surface area contributed by atoms with E-state index in [9.17, 15) is 9.59 Å². The lowest BCUT2D eigenvalue weighted by molar-refractivity contribution is -0.118. The first-order valence-corrected chi connectivity index (χ1v) is 7.55. The molecule has 6 nitrogen and oxygen atoms in total. The maximum atomic E-state index is 12.0. The summed E-state index contributed by atoms with van der Waals surface area (Å²) in [5.74, 6) is 0.365. The van der Waals surface area contributed by atoms with Crippen LogP contribution in [-0.4, -0.2) is 22.1 Å². The van der Waals surface area contributed by atoms with Crippen molar-refractivity contribution < 1.29 is 9.53 Å². The maximum absolute atomic E-state index is 12.0. The molecule has 1 aromatic carbocycles. The van der Waals surface area contributed by atoms with Crippen molar-refractivity contribution in [2.75, 3.05) is 11.9 Å². The van der Waals surface area contributed by atoms with Crippen molar-refractivity contribution in [3.8, 4) is 5.75 Å². The largest absolute Gasteiger partial charge is 0.483 e. The fourth-order valence-corrected chi connectivity index (χ4v) is 2.38. The Morgan fingerprint density at radius 2 is 2.08 bits per heavy atom. The van der Waals surface area contributed by atoms with Crippen LogP contribution in [0.15, 0.2) is 53.5 Å².